The molecule has 13 heteroatoms. The molecule has 0 bridgehead atoms. The van der Waals surface area contributed by atoms with Crippen LogP contribution in [0, 0.1) is 0 Å². The van der Waals surface area contributed by atoms with Crippen LogP contribution in [-0.2, 0) is 17.1 Å². The van der Waals surface area contributed by atoms with E-state index < -0.39 is 10.0 Å². The summed E-state index contributed by atoms with van der Waals surface area (Å²) in [5.74, 6) is 1.45. The van der Waals surface area contributed by atoms with Gasteiger partial charge >= 0.3 is 0 Å². The molecule has 1 unspecified atom stereocenters. The third kappa shape index (κ3) is 5.37. The molecule has 5 rings (SSSR count). The van der Waals surface area contributed by atoms with Crippen LogP contribution in [0.4, 0.5) is 17.3 Å². The first-order chi connectivity index (χ1) is 18.6. The van der Waals surface area contributed by atoms with Crippen molar-refractivity contribution in [3.05, 3.63) is 58.8 Å². The maximum atomic E-state index is 12.3. The number of H-pyrrole nitrogens is 1. The third-order valence-electron chi connectivity index (χ3n) is 7.24. The molecule has 4 aromatic rings. The predicted molar refractivity (Wildman–Crippen MR) is 151 cm³/mol. The van der Waals surface area contributed by atoms with Crippen molar-refractivity contribution in [2.75, 3.05) is 29.6 Å². The lowest BCUT2D eigenvalue weighted by molar-refractivity contribution is 0.279. The highest BCUT2D eigenvalue weighted by molar-refractivity contribution is 7.88. The predicted octanol–water partition coefficient (Wildman–Crippen LogP) is 2.07. The molecule has 1 aliphatic heterocycles. The molecule has 1 aromatic carbocycles. The smallest absolute Gasteiger partial charge is 0.277 e. The summed E-state index contributed by atoms with van der Waals surface area (Å²) in [6, 6.07) is 7.57. The molecule has 4 heterocycles. The van der Waals surface area contributed by atoms with Crippen molar-refractivity contribution < 1.29 is 13.5 Å². The van der Waals surface area contributed by atoms with Gasteiger partial charge in [0.25, 0.3) is 5.56 Å². The summed E-state index contributed by atoms with van der Waals surface area (Å²) in [6.45, 7) is 4.70. The van der Waals surface area contributed by atoms with E-state index in [0.29, 0.717) is 36.0 Å². The van der Waals surface area contributed by atoms with Gasteiger partial charge in [-0.05, 0) is 48.4 Å². The number of hydrogen-bond acceptors (Lipinski definition) is 9. The minimum Gasteiger partial charge on any atom is -0.396 e. The molecular formula is C26H32N8O4S. The standard InChI is InChI=1S/C26H32N8O4S/c1-15(8-10-35)17-5-6-22(34-14-21(16(34)2)32-39(4,37)38)19-12-28-24(11-18(17)19)30-23-7-9-27-25(31-23)20-13-29-33(3)26(20)36/h5-7,9,11-13,15-16,21,29,32,35H,8,10,14H2,1-4H3,(H,27,28,30,31)/t15?,16-,21+/m1/s1. The quantitative estimate of drug-likeness (QED) is 0.244. The number of benzene rings is 1. The number of anilines is 3. The minimum atomic E-state index is -3.30. The van der Waals surface area contributed by atoms with Crippen molar-refractivity contribution in [2.45, 2.75) is 38.3 Å². The topological polar surface area (TPSA) is 158 Å². The van der Waals surface area contributed by atoms with E-state index >= 15 is 0 Å². The van der Waals surface area contributed by atoms with E-state index in [1.54, 1.807) is 31.7 Å². The number of nitrogens with zero attached hydrogens (tertiary/aromatic N) is 5. The van der Waals surface area contributed by atoms with Gasteiger partial charge in [0.05, 0.1) is 12.3 Å². The van der Waals surface area contributed by atoms with Crippen LogP contribution < -0.4 is 20.5 Å². The van der Waals surface area contributed by atoms with E-state index in [-0.39, 0.29) is 30.2 Å². The molecule has 0 spiro atoms. The average molecular weight is 553 g/mol. The molecule has 1 fully saturated rings. The summed E-state index contributed by atoms with van der Waals surface area (Å²) in [6.07, 6.45) is 6.74. The zero-order valence-electron chi connectivity index (χ0n) is 22.2. The normalized spacial score (nSPS) is 18.2. The van der Waals surface area contributed by atoms with Gasteiger partial charge in [-0.1, -0.05) is 13.0 Å². The highest BCUT2D eigenvalue weighted by atomic mass is 32.2. The molecule has 0 radical (unpaired) electrons. The van der Waals surface area contributed by atoms with E-state index in [0.717, 1.165) is 22.0 Å². The number of aromatic amines is 1. The zero-order chi connectivity index (χ0) is 27.9. The summed E-state index contributed by atoms with van der Waals surface area (Å²) in [7, 11) is -1.67. The Labute approximate surface area is 226 Å². The Morgan fingerprint density at radius 1 is 1.21 bits per heavy atom. The number of fused-ring (bicyclic) bond motifs is 1. The molecule has 0 amide bonds. The second-order valence-electron chi connectivity index (χ2n) is 10.0. The van der Waals surface area contributed by atoms with Crippen molar-refractivity contribution in [1.82, 2.24) is 29.5 Å². The minimum absolute atomic E-state index is 0.0259. The number of hydrogen-bond donors (Lipinski definition) is 4. The molecule has 12 nitrogen and oxygen atoms in total. The van der Waals surface area contributed by atoms with Crippen LogP contribution in [0.25, 0.3) is 22.2 Å². The monoisotopic (exact) mass is 552 g/mol. The fourth-order valence-electron chi connectivity index (χ4n) is 4.99. The number of aliphatic hydroxyl groups is 1. The van der Waals surface area contributed by atoms with Crippen LogP contribution in [0.15, 0.2) is 47.7 Å². The lowest BCUT2D eigenvalue weighted by atomic mass is 9.90. The van der Waals surface area contributed by atoms with Crippen LogP contribution in [-0.4, -0.2) is 69.7 Å². The van der Waals surface area contributed by atoms with Crippen LogP contribution in [0.1, 0.15) is 31.7 Å². The van der Waals surface area contributed by atoms with E-state index in [9.17, 15) is 18.3 Å². The SMILES string of the molecule is CC(CCO)c1ccc(N2C[C@H](NS(C)(=O)=O)[C@H]2C)c2cnc(Nc3ccnc(-c4c[nH]n(C)c4=O)n3)cc12. The Morgan fingerprint density at radius 2 is 2.00 bits per heavy atom. The molecule has 1 saturated heterocycles. The van der Waals surface area contributed by atoms with Gasteiger partial charge in [-0.25, -0.2) is 28.1 Å². The third-order valence-corrected chi connectivity index (χ3v) is 7.97. The van der Waals surface area contributed by atoms with Crippen molar-refractivity contribution in [3.63, 3.8) is 0 Å². The van der Waals surface area contributed by atoms with Gasteiger partial charge in [0.2, 0.25) is 10.0 Å². The molecule has 39 heavy (non-hydrogen) atoms. The van der Waals surface area contributed by atoms with Crippen LogP contribution in [0.3, 0.4) is 0 Å². The molecule has 0 saturated carbocycles. The maximum absolute atomic E-state index is 12.3. The van der Waals surface area contributed by atoms with Gasteiger partial charge in [0.15, 0.2) is 5.82 Å². The number of aryl methyl sites for hydroxylation is 1. The number of aromatic nitrogens is 5. The van der Waals surface area contributed by atoms with Crippen LogP contribution in [0.2, 0.25) is 0 Å². The Bertz CT molecular complexity index is 1680. The first-order valence-electron chi connectivity index (χ1n) is 12.7. The maximum Gasteiger partial charge on any atom is 0.277 e. The summed E-state index contributed by atoms with van der Waals surface area (Å²) < 4.78 is 27.5. The highest BCUT2D eigenvalue weighted by Gasteiger charge is 2.38. The number of aliphatic hydroxyl groups excluding tert-OH is 1. The molecule has 1 aliphatic rings. The fraction of sp³-hybridized carbons (Fsp3) is 0.385. The number of rotatable bonds is 9. The molecule has 3 atom stereocenters. The van der Waals surface area contributed by atoms with Crippen molar-refractivity contribution >= 4 is 38.1 Å². The zero-order valence-corrected chi connectivity index (χ0v) is 23.0. The van der Waals surface area contributed by atoms with Gasteiger partial charge in [-0.3, -0.25) is 9.48 Å². The van der Waals surface area contributed by atoms with Crippen molar-refractivity contribution in [2.24, 2.45) is 7.05 Å². The average Bonchev–Trinajstić information content (AvgIpc) is 3.23. The van der Waals surface area contributed by atoms with E-state index in [1.165, 1.54) is 10.9 Å². The van der Waals surface area contributed by atoms with Crippen LogP contribution >= 0.6 is 0 Å². The van der Waals surface area contributed by atoms with Gasteiger partial charge in [0, 0.05) is 55.9 Å². The van der Waals surface area contributed by atoms with E-state index in [1.807, 2.05) is 19.1 Å². The molecule has 0 aliphatic carbocycles. The summed E-state index contributed by atoms with van der Waals surface area (Å²) in [5.41, 5.74) is 2.19. The summed E-state index contributed by atoms with van der Waals surface area (Å²) >= 11 is 0. The molecular weight excluding hydrogens is 520 g/mol. The van der Waals surface area contributed by atoms with Gasteiger partial charge < -0.3 is 20.4 Å². The largest absolute Gasteiger partial charge is 0.396 e. The lowest BCUT2D eigenvalue weighted by Gasteiger charge is -2.48. The number of nitrogens with one attached hydrogen (secondary N) is 3. The Kier molecular flexibility index (Phi) is 7.14. The lowest BCUT2D eigenvalue weighted by Crippen LogP contribution is -2.65. The van der Waals surface area contributed by atoms with Gasteiger partial charge in [-0.15, -0.1) is 0 Å². The van der Waals surface area contributed by atoms with Crippen LogP contribution in [0.5, 0.6) is 0 Å². The molecule has 4 N–H and O–H groups in total. The first-order valence-corrected chi connectivity index (χ1v) is 14.6. The second-order valence-corrected chi connectivity index (χ2v) is 11.8. The Morgan fingerprint density at radius 3 is 2.67 bits per heavy atom. The summed E-state index contributed by atoms with van der Waals surface area (Å²) in [4.78, 5) is 27.9. The number of pyridine rings is 1. The molecule has 206 valence electrons. The first kappa shape index (κ1) is 26.8. The van der Waals surface area contributed by atoms with Gasteiger partial charge in [0.1, 0.15) is 17.2 Å². The summed E-state index contributed by atoms with van der Waals surface area (Å²) in [5, 5.41) is 17.5. The molecule has 3 aromatic heterocycles. The second kappa shape index (κ2) is 10.4. The number of sulfonamides is 1. The van der Waals surface area contributed by atoms with Crippen molar-refractivity contribution in [1.29, 1.82) is 0 Å². The fourth-order valence-corrected chi connectivity index (χ4v) is 5.82. The van der Waals surface area contributed by atoms with E-state index in [4.69, 9.17) is 0 Å². The highest BCUT2D eigenvalue weighted by Crippen LogP contribution is 2.38. The Balaban J connectivity index is 1.49. The van der Waals surface area contributed by atoms with Gasteiger partial charge in [-0.2, -0.15) is 0 Å². The van der Waals surface area contributed by atoms with Crippen molar-refractivity contribution in [3.8, 4) is 11.4 Å². The van der Waals surface area contributed by atoms with E-state index in [2.05, 4.69) is 48.0 Å². The Hall–Kier alpha value is -3.81.